The maximum absolute atomic E-state index is 14.6. The summed E-state index contributed by atoms with van der Waals surface area (Å²) in [5.41, 5.74) is 7.64. The Kier molecular flexibility index (Phi) is 7.06. The first-order valence-corrected chi connectivity index (χ1v) is 17.1. The van der Waals surface area contributed by atoms with Gasteiger partial charge in [-0.05, 0) is 93.9 Å². The summed E-state index contributed by atoms with van der Waals surface area (Å²) in [7, 11) is 0. The number of carbonyl (C=O) groups excluding carboxylic acids is 2. The Morgan fingerprint density at radius 1 is 1.06 bits per heavy atom. The molecule has 48 heavy (non-hydrogen) atoms. The number of nitrogens with zero attached hydrogens (tertiary/aromatic N) is 5. The molecule has 9 rings (SSSR count). The number of para-hydroxylation sites is 1. The van der Waals surface area contributed by atoms with E-state index in [9.17, 15) is 22.8 Å². The van der Waals surface area contributed by atoms with E-state index in [1.165, 1.54) is 25.5 Å². The van der Waals surface area contributed by atoms with Crippen LogP contribution in [-0.2, 0) is 18.1 Å². The number of anilines is 1. The van der Waals surface area contributed by atoms with Crippen molar-refractivity contribution in [3.8, 4) is 16.8 Å². The third-order valence-corrected chi connectivity index (χ3v) is 11.7. The summed E-state index contributed by atoms with van der Waals surface area (Å²) in [5.74, 6) is 0.409. The predicted molar refractivity (Wildman–Crippen MR) is 176 cm³/mol. The van der Waals surface area contributed by atoms with Crippen molar-refractivity contribution >= 4 is 39.1 Å². The van der Waals surface area contributed by atoms with E-state index in [0.717, 1.165) is 48.0 Å². The summed E-state index contributed by atoms with van der Waals surface area (Å²) >= 11 is 0.732. The van der Waals surface area contributed by atoms with Gasteiger partial charge in [-0.15, -0.1) is 11.3 Å². The highest BCUT2D eigenvalue weighted by molar-refractivity contribution is 7.21. The average Bonchev–Trinajstić information content (AvgIpc) is 3.76. The molecule has 0 unspecified atom stereocenters. The zero-order valence-corrected chi connectivity index (χ0v) is 27.3. The van der Waals surface area contributed by atoms with E-state index in [2.05, 4.69) is 15.4 Å². The lowest BCUT2D eigenvalue weighted by Gasteiger charge is -2.56. The van der Waals surface area contributed by atoms with Gasteiger partial charge in [0, 0.05) is 34.8 Å². The summed E-state index contributed by atoms with van der Waals surface area (Å²) in [6, 6.07) is 10.5. The number of pyridine rings is 1. The number of carbonyl (C=O) groups is 2. The van der Waals surface area contributed by atoms with Crippen LogP contribution in [0.15, 0.2) is 48.8 Å². The summed E-state index contributed by atoms with van der Waals surface area (Å²) < 4.78 is 45.8. The first kappa shape index (κ1) is 30.8. The fourth-order valence-electron chi connectivity index (χ4n) is 9.00. The fraction of sp³-hybridized carbons (Fsp3) is 0.400. The Labute approximate surface area is 278 Å². The Morgan fingerprint density at radius 3 is 2.31 bits per heavy atom. The number of aromatic nitrogens is 5. The molecule has 4 bridgehead atoms. The largest absolute Gasteiger partial charge is 0.433 e. The third-order valence-electron chi connectivity index (χ3n) is 10.6. The molecule has 4 aromatic heterocycles. The molecule has 0 radical (unpaired) electrons. The molecule has 4 aliphatic carbocycles. The van der Waals surface area contributed by atoms with Crippen LogP contribution in [0.5, 0.6) is 0 Å². The lowest BCUT2D eigenvalue weighted by atomic mass is 9.48. The SMILES string of the molecule is CCn1ncc(-c2cc(C(F)(F)F)nc3sc(C(N)=O)c(NC(=O)c4cn(-c5ccccc5)nc4C45CC6CC(CC(C6)C4)C5)c23)c1C. The number of hydrogen-bond donors (Lipinski definition) is 2. The number of nitrogens with one attached hydrogen (secondary N) is 1. The minimum absolute atomic E-state index is 0.0382. The number of halogens is 3. The molecule has 9 nitrogen and oxygen atoms in total. The summed E-state index contributed by atoms with van der Waals surface area (Å²) in [6.07, 6.45) is 5.02. The highest BCUT2D eigenvalue weighted by Gasteiger charge is 2.54. The molecule has 5 aromatic rings. The van der Waals surface area contributed by atoms with Crippen molar-refractivity contribution in [1.29, 1.82) is 0 Å². The maximum atomic E-state index is 14.6. The van der Waals surface area contributed by atoms with Crippen LogP contribution in [0.1, 0.15) is 82.6 Å². The van der Waals surface area contributed by atoms with Gasteiger partial charge in [-0.1, -0.05) is 18.2 Å². The number of nitrogens with two attached hydrogens (primary N) is 1. The smallest absolute Gasteiger partial charge is 0.365 e. The number of rotatable bonds is 7. The Morgan fingerprint density at radius 2 is 1.73 bits per heavy atom. The van der Waals surface area contributed by atoms with Gasteiger partial charge in [0.1, 0.15) is 15.4 Å². The van der Waals surface area contributed by atoms with Crippen molar-refractivity contribution in [2.45, 2.75) is 70.5 Å². The second kappa shape index (κ2) is 11.0. The van der Waals surface area contributed by atoms with Crippen molar-refractivity contribution < 1.29 is 22.8 Å². The van der Waals surface area contributed by atoms with Gasteiger partial charge in [-0.25, -0.2) is 9.67 Å². The van der Waals surface area contributed by atoms with Crippen LogP contribution in [0.25, 0.3) is 27.0 Å². The number of alkyl halides is 3. The quantitative estimate of drug-likeness (QED) is 0.185. The van der Waals surface area contributed by atoms with E-state index in [0.29, 0.717) is 41.1 Å². The number of thiophene rings is 1. The fourth-order valence-corrected chi connectivity index (χ4v) is 10.0. The summed E-state index contributed by atoms with van der Waals surface area (Å²) in [6.45, 7) is 4.15. The Bertz CT molecular complexity index is 2060. The third kappa shape index (κ3) is 4.92. The van der Waals surface area contributed by atoms with Crippen molar-refractivity contribution in [1.82, 2.24) is 24.5 Å². The van der Waals surface area contributed by atoms with E-state index >= 15 is 0 Å². The number of hydrogen-bond acceptors (Lipinski definition) is 6. The number of aryl methyl sites for hydroxylation is 1. The van der Waals surface area contributed by atoms with Crippen LogP contribution in [0.2, 0.25) is 0 Å². The summed E-state index contributed by atoms with van der Waals surface area (Å²) in [5, 5.41) is 12.6. The molecular formula is C35H34F3N7O2S. The Balaban J connectivity index is 1.30. The summed E-state index contributed by atoms with van der Waals surface area (Å²) in [4.78, 5) is 31.2. The zero-order chi connectivity index (χ0) is 33.5. The van der Waals surface area contributed by atoms with Crippen molar-refractivity contribution in [2.75, 3.05) is 5.32 Å². The van der Waals surface area contributed by atoms with Crippen LogP contribution in [0.4, 0.5) is 18.9 Å². The zero-order valence-electron chi connectivity index (χ0n) is 26.5. The lowest BCUT2D eigenvalue weighted by molar-refractivity contribution is -0.140. The molecule has 4 saturated carbocycles. The second-order valence-corrected chi connectivity index (χ2v) is 14.7. The second-order valence-electron chi connectivity index (χ2n) is 13.7. The topological polar surface area (TPSA) is 121 Å². The molecule has 0 spiro atoms. The van der Waals surface area contributed by atoms with Crippen LogP contribution in [-0.4, -0.2) is 36.4 Å². The first-order chi connectivity index (χ1) is 22.9. The van der Waals surface area contributed by atoms with Gasteiger partial charge in [0.15, 0.2) is 0 Å². The minimum atomic E-state index is -4.75. The van der Waals surface area contributed by atoms with E-state index in [1.807, 2.05) is 37.3 Å². The van der Waals surface area contributed by atoms with Crippen LogP contribution in [0.3, 0.4) is 0 Å². The number of fused-ring (bicyclic) bond motifs is 1. The number of benzene rings is 1. The molecule has 13 heteroatoms. The van der Waals surface area contributed by atoms with Gasteiger partial charge in [-0.2, -0.15) is 23.4 Å². The average molecular weight is 674 g/mol. The molecule has 2 amide bonds. The maximum Gasteiger partial charge on any atom is 0.433 e. The molecule has 1 aromatic carbocycles. The van der Waals surface area contributed by atoms with Gasteiger partial charge in [0.2, 0.25) is 0 Å². The van der Waals surface area contributed by atoms with Crippen molar-refractivity contribution in [3.63, 3.8) is 0 Å². The normalized spacial score (nSPS) is 23.2. The van der Waals surface area contributed by atoms with Gasteiger partial charge in [0.25, 0.3) is 11.8 Å². The number of primary amides is 1. The van der Waals surface area contributed by atoms with Crippen LogP contribution >= 0.6 is 11.3 Å². The molecule has 4 fully saturated rings. The Hall–Kier alpha value is -4.52. The van der Waals surface area contributed by atoms with Gasteiger partial charge in [-0.3, -0.25) is 14.3 Å². The van der Waals surface area contributed by atoms with Gasteiger partial charge >= 0.3 is 6.18 Å². The van der Waals surface area contributed by atoms with Crippen LogP contribution in [0, 0.1) is 24.7 Å². The molecule has 4 heterocycles. The van der Waals surface area contributed by atoms with Gasteiger partial charge < -0.3 is 11.1 Å². The van der Waals surface area contributed by atoms with E-state index in [-0.39, 0.29) is 31.8 Å². The van der Waals surface area contributed by atoms with Gasteiger partial charge in [0.05, 0.1) is 28.8 Å². The number of amides is 2. The standard InChI is InChI=1S/C35H34F3N7O2S/c1-3-44-18(2)24(16-40-44)23-12-26(35(36,37)38)41-33-27(23)28(29(48-33)31(39)46)42-32(47)25-17-45(22-7-5-4-6-8-22)43-30(25)34-13-19-9-20(14-34)11-21(10-19)15-34/h4-8,12,16-17,19-21H,3,9-11,13-15H2,1-2H3,(H2,39,46)(H,42,47). The lowest BCUT2D eigenvalue weighted by Crippen LogP contribution is -2.49. The molecule has 0 saturated heterocycles. The van der Waals surface area contributed by atoms with Crippen molar-refractivity contribution in [3.05, 3.63) is 76.3 Å². The predicted octanol–water partition coefficient (Wildman–Crippen LogP) is 7.51. The molecule has 248 valence electrons. The van der Waals surface area contributed by atoms with E-state index < -0.39 is 23.7 Å². The molecule has 0 atom stereocenters. The van der Waals surface area contributed by atoms with Crippen LogP contribution < -0.4 is 11.1 Å². The molecule has 4 aliphatic rings. The molecule has 3 N–H and O–H groups in total. The molecular weight excluding hydrogens is 639 g/mol. The minimum Gasteiger partial charge on any atom is -0.365 e. The van der Waals surface area contributed by atoms with Crippen molar-refractivity contribution in [2.24, 2.45) is 23.5 Å². The molecule has 0 aliphatic heterocycles. The van der Waals surface area contributed by atoms with E-state index in [4.69, 9.17) is 10.8 Å². The first-order valence-electron chi connectivity index (χ1n) is 16.3. The highest BCUT2D eigenvalue weighted by atomic mass is 32.1. The highest BCUT2D eigenvalue weighted by Crippen LogP contribution is 2.61. The monoisotopic (exact) mass is 673 g/mol. The van der Waals surface area contributed by atoms with E-state index in [1.54, 1.807) is 22.5 Å².